The number of amides is 3. The summed E-state index contributed by atoms with van der Waals surface area (Å²) in [4.78, 5) is 49.4. The van der Waals surface area contributed by atoms with Crippen LogP contribution in [0.3, 0.4) is 0 Å². The van der Waals surface area contributed by atoms with Crippen molar-refractivity contribution in [2.24, 2.45) is 5.92 Å². The number of rotatable bonds is 11. The quantitative estimate of drug-likeness (QED) is 0.337. The van der Waals surface area contributed by atoms with Gasteiger partial charge in [0.15, 0.2) is 0 Å². The van der Waals surface area contributed by atoms with E-state index in [0.717, 1.165) is 24.9 Å². The van der Waals surface area contributed by atoms with Crippen molar-refractivity contribution in [3.63, 3.8) is 0 Å². The number of carboxylic acids is 1. The summed E-state index contributed by atoms with van der Waals surface area (Å²) >= 11 is 0. The van der Waals surface area contributed by atoms with Gasteiger partial charge in [-0.3, -0.25) is 14.4 Å². The van der Waals surface area contributed by atoms with Crippen LogP contribution in [0.5, 0.6) is 0 Å². The Labute approximate surface area is 188 Å². The van der Waals surface area contributed by atoms with Crippen molar-refractivity contribution >= 4 is 23.7 Å². The Kier molecular flexibility index (Phi) is 9.64. The van der Waals surface area contributed by atoms with Crippen molar-refractivity contribution in [2.75, 3.05) is 6.54 Å². The van der Waals surface area contributed by atoms with Crippen LogP contribution < -0.4 is 21.3 Å². The maximum absolute atomic E-state index is 12.8. The molecule has 3 amide bonds. The van der Waals surface area contributed by atoms with Gasteiger partial charge in [-0.05, 0) is 44.2 Å². The highest BCUT2D eigenvalue weighted by Crippen LogP contribution is 2.09. The van der Waals surface area contributed by atoms with E-state index >= 15 is 0 Å². The van der Waals surface area contributed by atoms with Crippen molar-refractivity contribution in [2.45, 2.75) is 70.6 Å². The molecule has 1 aromatic carbocycles. The predicted molar refractivity (Wildman–Crippen MR) is 120 cm³/mol. The maximum atomic E-state index is 12.8. The van der Waals surface area contributed by atoms with Crippen LogP contribution in [0, 0.1) is 5.92 Å². The molecule has 0 saturated carbocycles. The fourth-order valence-electron chi connectivity index (χ4n) is 3.61. The van der Waals surface area contributed by atoms with Gasteiger partial charge in [0.2, 0.25) is 17.7 Å². The minimum atomic E-state index is -1.16. The van der Waals surface area contributed by atoms with Gasteiger partial charge in [-0.1, -0.05) is 44.2 Å². The molecule has 1 fully saturated rings. The number of hydrogen-bond acceptors (Lipinski definition) is 5. The van der Waals surface area contributed by atoms with Gasteiger partial charge in [-0.2, -0.15) is 0 Å². The molecule has 1 aromatic rings. The van der Waals surface area contributed by atoms with Crippen LogP contribution >= 0.6 is 0 Å². The summed E-state index contributed by atoms with van der Waals surface area (Å²) in [6.07, 6.45) is 2.18. The SMILES string of the molecule is CC(C)CC(NC(=O)C1CCCN1)C(=O)NC(C)C(=O)NC(Cc1ccccc1)C(=O)O. The van der Waals surface area contributed by atoms with E-state index in [4.69, 9.17) is 0 Å². The van der Waals surface area contributed by atoms with Gasteiger partial charge in [0.05, 0.1) is 6.04 Å². The van der Waals surface area contributed by atoms with Gasteiger partial charge in [0, 0.05) is 6.42 Å². The van der Waals surface area contributed by atoms with Crippen LogP contribution in [-0.2, 0) is 25.6 Å². The van der Waals surface area contributed by atoms with Gasteiger partial charge in [0.1, 0.15) is 18.1 Å². The molecule has 4 atom stereocenters. The molecule has 0 spiro atoms. The number of aliphatic carboxylic acids is 1. The van der Waals surface area contributed by atoms with Gasteiger partial charge < -0.3 is 26.4 Å². The minimum absolute atomic E-state index is 0.128. The van der Waals surface area contributed by atoms with Crippen molar-refractivity contribution in [1.29, 1.82) is 0 Å². The Morgan fingerprint density at radius 3 is 2.25 bits per heavy atom. The number of benzene rings is 1. The minimum Gasteiger partial charge on any atom is -0.480 e. The molecule has 1 saturated heterocycles. The van der Waals surface area contributed by atoms with E-state index in [1.54, 1.807) is 24.3 Å². The zero-order valence-corrected chi connectivity index (χ0v) is 18.9. The Morgan fingerprint density at radius 2 is 1.69 bits per heavy atom. The molecule has 9 nitrogen and oxygen atoms in total. The number of hydrogen-bond donors (Lipinski definition) is 5. The standard InChI is InChI=1S/C23H34N4O5/c1-14(2)12-18(26-21(29)17-10-7-11-24-17)22(30)25-15(3)20(28)27-19(23(31)32)13-16-8-5-4-6-9-16/h4-6,8-9,14-15,17-19,24H,7,10-13H2,1-3H3,(H,25,30)(H,26,29)(H,27,28)(H,31,32). The highest BCUT2D eigenvalue weighted by Gasteiger charge is 2.30. The molecule has 0 bridgehead atoms. The lowest BCUT2D eigenvalue weighted by Gasteiger charge is -2.24. The zero-order chi connectivity index (χ0) is 23.7. The highest BCUT2D eigenvalue weighted by molar-refractivity contribution is 5.94. The van der Waals surface area contributed by atoms with Crippen molar-refractivity contribution in [3.05, 3.63) is 35.9 Å². The third-order valence-electron chi connectivity index (χ3n) is 5.37. The van der Waals surface area contributed by atoms with Crippen LogP contribution in [0.4, 0.5) is 0 Å². The first-order chi connectivity index (χ1) is 15.2. The van der Waals surface area contributed by atoms with Crippen molar-refractivity contribution in [3.8, 4) is 0 Å². The monoisotopic (exact) mass is 446 g/mol. The molecule has 1 aliphatic rings. The lowest BCUT2D eigenvalue weighted by atomic mass is 10.0. The van der Waals surface area contributed by atoms with Gasteiger partial charge in [-0.15, -0.1) is 0 Å². The topological polar surface area (TPSA) is 137 Å². The summed E-state index contributed by atoms with van der Waals surface area (Å²) in [5, 5.41) is 20.5. The smallest absolute Gasteiger partial charge is 0.326 e. The summed E-state index contributed by atoms with van der Waals surface area (Å²) < 4.78 is 0. The molecule has 9 heteroatoms. The second kappa shape index (κ2) is 12.2. The molecule has 1 aliphatic heterocycles. The Bertz CT molecular complexity index is 793. The molecule has 4 unspecified atom stereocenters. The lowest BCUT2D eigenvalue weighted by Crippen LogP contribution is -2.56. The van der Waals surface area contributed by atoms with Crippen molar-refractivity contribution in [1.82, 2.24) is 21.3 Å². The van der Waals surface area contributed by atoms with E-state index in [0.29, 0.717) is 6.42 Å². The maximum Gasteiger partial charge on any atom is 0.326 e. The number of carbonyl (C=O) groups is 4. The lowest BCUT2D eigenvalue weighted by molar-refractivity contribution is -0.142. The molecule has 2 rings (SSSR count). The van der Waals surface area contributed by atoms with E-state index in [9.17, 15) is 24.3 Å². The second-order valence-electron chi connectivity index (χ2n) is 8.66. The Balaban J connectivity index is 1.96. The highest BCUT2D eigenvalue weighted by atomic mass is 16.4. The molecule has 5 N–H and O–H groups in total. The average Bonchev–Trinajstić information content (AvgIpc) is 3.28. The molecule has 0 radical (unpaired) electrons. The second-order valence-corrected chi connectivity index (χ2v) is 8.66. The molecule has 0 aliphatic carbocycles. The predicted octanol–water partition coefficient (Wildman–Crippen LogP) is 0.586. The van der Waals surface area contributed by atoms with Gasteiger partial charge in [-0.25, -0.2) is 4.79 Å². The van der Waals surface area contributed by atoms with Gasteiger partial charge in [0.25, 0.3) is 0 Å². The largest absolute Gasteiger partial charge is 0.480 e. The summed E-state index contributed by atoms with van der Waals surface area (Å²) in [5.74, 6) is -2.31. The van der Waals surface area contributed by atoms with Crippen LogP contribution in [0.1, 0.15) is 45.6 Å². The van der Waals surface area contributed by atoms with E-state index in [1.165, 1.54) is 6.92 Å². The first kappa shape index (κ1) is 25.3. The van der Waals surface area contributed by atoms with E-state index in [1.807, 2.05) is 19.9 Å². The summed E-state index contributed by atoms with van der Waals surface area (Å²) in [6.45, 7) is 6.14. The van der Waals surface area contributed by atoms with E-state index in [-0.39, 0.29) is 24.3 Å². The summed E-state index contributed by atoms with van der Waals surface area (Å²) in [6, 6.07) is 5.81. The fraction of sp³-hybridized carbons (Fsp3) is 0.565. The Hall–Kier alpha value is -2.94. The molecule has 0 aromatic heterocycles. The molecule has 176 valence electrons. The third kappa shape index (κ3) is 7.96. The zero-order valence-electron chi connectivity index (χ0n) is 18.9. The van der Waals surface area contributed by atoms with Crippen LogP contribution in [0.15, 0.2) is 30.3 Å². The number of carbonyl (C=O) groups excluding carboxylic acids is 3. The fourth-order valence-corrected chi connectivity index (χ4v) is 3.61. The van der Waals surface area contributed by atoms with E-state index in [2.05, 4.69) is 21.3 Å². The van der Waals surface area contributed by atoms with E-state index < -0.39 is 35.9 Å². The Morgan fingerprint density at radius 1 is 1.00 bits per heavy atom. The third-order valence-corrected chi connectivity index (χ3v) is 5.37. The number of carboxylic acid groups (broad SMARTS) is 1. The summed E-state index contributed by atoms with van der Waals surface area (Å²) in [5.41, 5.74) is 0.775. The van der Waals surface area contributed by atoms with Crippen LogP contribution in [-0.4, -0.2) is 59.5 Å². The normalized spacial score (nSPS) is 18.4. The van der Waals surface area contributed by atoms with Crippen LogP contribution in [0.2, 0.25) is 0 Å². The summed E-state index contributed by atoms with van der Waals surface area (Å²) in [7, 11) is 0. The number of nitrogens with one attached hydrogen (secondary N) is 4. The van der Waals surface area contributed by atoms with Crippen molar-refractivity contribution < 1.29 is 24.3 Å². The molecule has 1 heterocycles. The average molecular weight is 447 g/mol. The molecular weight excluding hydrogens is 412 g/mol. The molecule has 32 heavy (non-hydrogen) atoms. The van der Waals surface area contributed by atoms with Gasteiger partial charge >= 0.3 is 5.97 Å². The first-order valence-electron chi connectivity index (χ1n) is 11.1. The first-order valence-corrected chi connectivity index (χ1v) is 11.1. The van der Waals surface area contributed by atoms with Crippen LogP contribution in [0.25, 0.3) is 0 Å². The molecular formula is C23H34N4O5.